The Morgan fingerprint density at radius 3 is 1.72 bits per heavy atom. The van der Waals surface area contributed by atoms with Crippen molar-refractivity contribution in [1.29, 1.82) is 0 Å². The molecule has 0 amide bonds. The average molecular weight is 591 g/mol. The minimum Gasteiger partial charge on any atom is -0.429 e. The molecular formula is C36H28F6O. The molecular weight excluding hydrogens is 562 g/mol. The van der Waals surface area contributed by atoms with Crippen molar-refractivity contribution in [1.82, 2.24) is 0 Å². The van der Waals surface area contributed by atoms with Crippen LogP contribution in [0.1, 0.15) is 37.3 Å². The number of benzene rings is 5. The van der Waals surface area contributed by atoms with Gasteiger partial charge in [-0.05, 0) is 88.7 Å². The topological polar surface area (TPSA) is 9.23 Å². The highest BCUT2D eigenvalue weighted by Gasteiger charge is 2.37. The smallest absolute Gasteiger partial charge is 0.429 e. The van der Waals surface area contributed by atoms with E-state index in [1.165, 1.54) is 42.5 Å². The van der Waals surface area contributed by atoms with E-state index in [2.05, 4.69) is 0 Å². The van der Waals surface area contributed by atoms with Gasteiger partial charge >= 0.3 is 6.11 Å². The van der Waals surface area contributed by atoms with Crippen molar-refractivity contribution in [3.8, 4) is 39.1 Å². The van der Waals surface area contributed by atoms with Gasteiger partial charge in [0.25, 0.3) is 0 Å². The molecule has 1 nitrogen and oxygen atoms in total. The van der Waals surface area contributed by atoms with Gasteiger partial charge < -0.3 is 4.74 Å². The molecule has 0 aliphatic carbocycles. The number of hydrogen-bond acceptors (Lipinski definition) is 1. The first kappa shape index (κ1) is 30.0. The SMILES string of the molecule is CCCCCc1ccc(C(F)(F)Oc2ccc(-c3ccc(-c4ccc(-c5ccc(F)c(F)c5)cc4)c(F)c3)cc2)c(F)c1. The summed E-state index contributed by atoms with van der Waals surface area (Å²) in [6.45, 7) is 2.05. The maximum absolute atomic E-state index is 15.1. The molecule has 0 unspecified atom stereocenters. The predicted octanol–water partition coefficient (Wildman–Crippen LogP) is 11.1. The highest BCUT2D eigenvalue weighted by molar-refractivity contribution is 5.74. The fourth-order valence-electron chi connectivity index (χ4n) is 4.89. The van der Waals surface area contributed by atoms with Gasteiger partial charge in [0.1, 0.15) is 17.4 Å². The van der Waals surface area contributed by atoms with E-state index in [0.717, 1.165) is 43.5 Å². The molecule has 5 aromatic rings. The Labute approximate surface area is 246 Å². The molecule has 220 valence electrons. The second-order valence-electron chi connectivity index (χ2n) is 10.3. The molecule has 0 saturated heterocycles. The molecule has 0 atom stereocenters. The molecule has 0 aromatic heterocycles. The molecule has 0 radical (unpaired) electrons. The Kier molecular flexibility index (Phi) is 8.90. The van der Waals surface area contributed by atoms with Crippen molar-refractivity contribution in [2.45, 2.75) is 38.7 Å². The van der Waals surface area contributed by atoms with Crippen LogP contribution in [0.4, 0.5) is 26.3 Å². The van der Waals surface area contributed by atoms with Crippen LogP contribution in [0.2, 0.25) is 0 Å². The fourth-order valence-corrected chi connectivity index (χ4v) is 4.89. The summed E-state index contributed by atoms with van der Waals surface area (Å²) < 4.78 is 91.0. The highest BCUT2D eigenvalue weighted by Crippen LogP contribution is 2.35. The van der Waals surface area contributed by atoms with Gasteiger partial charge in [-0.2, -0.15) is 8.78 Å². The lowest BCUT2D eigenvalue weighted by Gasteiger charge is -2.19. The molecule has 0 bridgehead atoms. The van der Waals surface area contributed by atoms with Crippen LogP contribution in [0.3, 0.4) is 0 Å². The van der Waals surface area contributed by atoms with E-state index < -0.39 is 34.9 Å². The zero-order valence-electron chi connectivity index (χ0n) is 23.3. The molecule has 0 spiro atoms. The Morgan fingerprint density at radius 1 is 0.535 bits per heavy atom. The minimum absolute atomic E-state index is 0.168. The number of rotatable bonds is 10. The van der Waals surface area contributed by atoms with Crippen LogP contribution in [0.5, 0.6) is 5.75 Å². The molecule has 0 heterocycles. The lowest BCUT2D eigenvalue weighted by Crippen LogP contribution is -2.23. The lowest BCUT2D eigenvalue weighted by atomic mass is 9.97. The van der Waals surface area contributed by atoms with Crippen LogP contribution in [0.25, 0.3) is 33.4 Å². The van der Waals surface area contributed by atoms with E-state index >= 15 is 4.39 Å². The zero-order chi connectivity index (χ0) is 30.6. The molecule has 0 fully saturated rings. The first-order valence-electron chi connectivity index (χ1n) is 14.0. The zero-order valence-corrected chi connectivity index (χ0v) is 23.3. The van der Waals surface area contributed by atoms with Crippen molar-refractivity contribution in [2.24, 2.45) is 0 Å². The Balaban J connectivity index is 1.28. The summed E-state index contributed by atoms with van der Waals surface area (Å²) >= 11 is 0. The van der Waals surface area contributed by atoms with Crippen molar-refractivity contribution in [3.05, 3.63) is 138 Å². The number of ether oxygens (including phenoxy) is 1. The molecule has 0 aliphatic heterocycles. The summed E-state index contributed by atoms with van der Waals surface area (Å²) in [6.07, 6.45) is -0.427. The Bertz CT molecular complexity index is 1710. The maximum atomic E-state index is 15.1. The van der Waals surface area contributed by atoms with Gasteiger partial charge in [0.15, 0.2) is 11.6 Å². The molecule has 7 heteroatoms. The normalized spacial score (nSPS) is 11.5. The second kappa shape index (κ2) is 12.8. The molecule has 0 aliphatic rings. The van der Waals surface area contributed by atoms with E-state index in [0.29, 0.717) is 45.4 Å². The lowest BCUT2D eigenvalue weighted by molar-refractivity contribution is -0.187. The van der Waals surface area contributed by atoms with Gasteiger partial charge in [-0.3, -0.25) is 0 Å². The molecule has 43 heavy (non-hydrogen) atoms. The van der Waals surface area contributed by atoms with Gasteiger partial charge in [0, 0.05) is 5.56 Å². The largest absolute Gasteiger partial charge is 0.429 e. The summed E-state index contributed by atoms with van der Waals surface area (Å²) in [7, 11) is 0. The summed E-state index contributed by atoms with van der Waals surface area (Å²) in [5.74, 6) is -3.58. The first-order chi connectivity index (χ1) is 20.6. The van der Waals surface area contributed by atoms with Gasteiger partial charge in [0.05, 0.1) is 5.56 Å². The summed E-state index contributed by atoms with van der Waals surface area (Å²) in [5, 5.41) is 0. The van der Waals surface area contributed by atoms with E-state index in [4.69, 9.17) is 4.74 Å². The highest BCUT2D eigenvalue weighted by atomic mass is 19.3. The first-order valence-corrected chi connectivity index (χ1v) is 14.0. The second-order valence-corrected chi connectivity index (χ2v) is 10.3. The van der Waals surface area contributed by atoms with Crippen LogP contribution < -0.4 is 4.74 Å². The van der Waals surface area contributed by atoms with Crippen LogP contribution in [0.15, 0.2) is 103 Å². The monoisotopic (exact) mass is 590 g/mol. The average Bonchev–Trinajstić information content (AvgIpc) is 2.99. The van der Waals surface area contributed by atoms with Gasteiger partial charge in [-0.15, -0.1) is 0 Å². The Hall–Kier alpha value is -4.52. The third kappa shape index (κ3) is 6.94. The quantitative estimate of drug-likeness (QED) is 0.116. The molecule has 5 rings (SSSR count). The minimum atomic E-state index is -3.89. The molecule has 0 N–H and O–H groups in total. The van der Waals surface area contributed by atoms with E-state index in [9.17, 15) is 22.0 Å². The van der Waals surface area contributed by atoms with Gasteiger partial charge in [-0.1, -0.05) is 80.4 Å². The summed E-state index contributed by atoms with van der Waals surface area (Å²) in [6, 6.07) is 24.4. The van der Waals surface area contributed by atoms with Crippen molar-refractivity contribution in [2.75, 3.05) is 0 Å². The van der Waals surface area contributed by atoms with Gasteiger partial charge in [-0.25, -0.2) is 17.6 Å². The summed E-state index contributed by atoms with van der Waals surface area (Å²) in [4.78, 5) is 0. The van der Waals surface area contributed by atoms with Crippen molar-refractivity contribution < 1.29 is 31.1 Å². The standard InChI is InChI=1S/C36H28F6O/c1-2-3-4-5-23-6-18-31(34(39)20-23)36(41,42)43-29-15-11-25(12-16-29)27-13-17-30(33(38)21-27)26-9-7-24(8-10-26)28-14-19-32(37)35(40)22-28/h6-22H,2-5H2,1H3. The fraction of sp³-hybridized carbons (Fsp3) is 0.167. The number of unbranched alkanes of at least 4 members (excludes halogenated alkanes) is 2. The van der Waals surface area contributed by atoms with Crippen molar-refractivity contribution >= 4 is 0 Å². The number of hydrogen-bond donors (Lipinski definition) is 0. The summed E-state index contributed by atoms with van der Waals surface area (Å²) in [5.41, 5.74) is 2.96. The van der Waals surface area contributed by atoms with Crippen molar-refractivity contribution in [3.63, 3.8) is 0 Å². The van der Waals surface area contributed by atoms with E-state index in [1.807, 2.05) is 6.92 Å². The van der Waals surface area contributed by atoms with Crippen LogP contribution in [-0.4, -0.2) is 0 Å². The van der Waals surface area contributed by atoms with Crippen LogP contribution >= 0.6 is 0 Å². The molecule has 0 saturated carbocycles. The number of halogens is 6. The molecule has 5 aromatic carbocycles. The van der Waals surface area contributed by atoms with E-state index in [1.54, 1.807) is 36.4 Å². The maximum Gasteiger partial charge on any atom is 0.429 e. The Morgan fingerprint density at radius 2 is 1.12 bits per heavy atom. The third-order valence-corrected chi connectivity index (χ3v) is 7.27. The predicted molar refractivity (Wildman–Crippen MR) is 157 cm³/mol. The van der Waals surface area contributed by atoms with Crippen LogP contribution in [-0.2, 0) is 12.5 Å². The number of alkyl halides is 2. The van der Waals surface area contributed by atoms with Crippen LogP contribution in [0, 0.1) is 23.3 Å². The van der Waals surface area contributed by atoms with Gasteiger partial charge in [0.2, 0.25) is 0 Å². The van der Waals surface area contributed by atoms with E-state index in [-0.39, 0.29) is 5.75 Å². The number of aryl methyl sites for hydroxylation is 1. The third-order valence-electron chi connectivity index (χ3n) is 7.27.